The van der Waals surface area contributed by atoms with Crippen LogP contribution in [0.15, 0.2) is 0 Å². The minimum atomic E-state index is -0.109. The maximum atomic E-state index is 5.69. The van der Waals surface area contributed by atoms with Crippen molar-refractivity contribution in [1.82, 2.24) is 0 Å². The highest BCUT2D eigenvalue weighted by molar-refractivity contribution is 5.87. The van der Waals surface area contributed by atoms with Gasteiger partial charge in [0, 0.05) is 0 Å². The van der Waals surface area contributed by atoms with Crippen molar-refractivity contribution >= 4 is 5.90 Å². The predicted molar refractivity (Wildman–Crippen MR) is 42.1 cm³/mol. The van der Waals surface area contributed by atoms with Gasteiger partial charge in [-0.3, -0.25) is 0 Å². The average molecular weight is 151 g/mol. The Labute approximate surface area is 67.9 Å². The maximum Gasteiger partial charge on any atom is 0.191 e. The van der Waals surface area contributed by atoms with Crippen LogP contribution in [0.2, 0.25) is 0 Å². The monoisotopic (exact) mass is 151 g/mol. The Morgan fingerprint density at radius 3 is 2.18 bits per heavy atom. The van der Waals surface area contributed by atoms with E-state index in [1.165, 1.54) is 0 Å². The van der Waals surface area contributed by atoms with Crippen molar-refractivity contribution in [2.75, 3.05) is 0 Å². The zero-order chi connectivity index (χ0) is 8.28. The largest absolute Gasteiger partial charge is 0.572 e. The third kappa shape index (κ3) is 0.602. The molecule has 60 valence electrons. The van der Waals surface area contributed by atoms with Crippen molar-refractivity contribution < 1.29 is 9.31 Å². The summed E-state index contributed by atoms with van der Waals surface area (Å²) < 4.78 is 7.75. The highest BCUT2D eigenvalue weighted by atomic mass is 16.5. The fourth-order valence-electron chi connectivity index (χ4n) is 1.35. The van der Waals surface area contributed by atoms with Crippen LogP contribution in [0.4, 0.5) is 0 Å². The lowest BCUT2D eigenvalue weighted by atomic mass is 9.85. The average Bonchev–Trinajstić information content (AvgIpc) is 1.87. The molecule has 0 aromatic carbocycles. The molecule has 0 amide bonds. The van der Waals surface area contributed by atoms with Crippen molar-refractivity contribution in [2.45, 2.75) is 38.8 Å². The summed E-state index contributed by atoms with van der Waals surface area (Å²) in [5.41, 5.74) is -0.0700. The summed E-state index contributed by atoms with van der Waals surface area (Å²) in [7, 11) is 0. The molecule has 0 saturated carbocycles. The number of hydrogen-bond acceptors (Lipinski definition) is 1. The zero-order valence-corrected chi connectivity index (χ0v) is 7.43. The van der Waals surface area contributed by atoms with E-state index in [1.807, 2.05) is 6.42 Å². The molecule has 0 atom stereocenters. The Balaban J connectivity index is 2.41. The Morgan fingerprint density at radius 1 is 1.36 bits per heavy atom. The van der Waals surface area contributed by atoms with Gasteiger partial charge in [-0.15, -0.1) is 0 Å². The van der Waals surface area contributed by atoms with Crippen LogP contribution in [0.3, 0.4) is 0 Å². The van der Waals surface area contributed by atoms with E-state index < -0.39 is 0 Å². The van der Waals surface area contributed by atoms with Crippen LogP contribution in [-0.4, -0.2) is 21.6 Å². The van der Waals surface area contributed by atoms with Gasteiger partial charge in [0.2, 0.25) is 0 Å². The van der Waals surface area contributed by atoms with Crippen LogP contribution in [0, 0.1) is 13.0 Å². The van der Waals surface area contributed by atoms with E-state index in [4.69, 9.17) is 4.74 Å². The van der Waals surface area contributed by atoms with E-state index in [9.17, 15) is 0 Å². The maximum absolute atomic E-state index is 5.69. The molecular formula is C9H13NO. The van der Waals surface area contributed by atoms with Crippen LogP contribution >= 0.6 is 0 Å². The molecule has 2 aliphatic rings. The third-order valence-electron chi connectivity index (χ3n) is 2.93. The first-order valence-corrected chi connectivity index (χ1v) is 3.91. The van der Waals surface area contributed by atoms with E-state index >= 15 is 0 Å². The molecule has 2 heterocycles. The molecule has 2 heteroatoms. The highest BCUT2D eigenvalue weighted by Gasteiger charge is 2.51. The molecule has 2 aliphatic heterocycles. The van der Waals surface area contributed by atoms with Crippen molar-refractivity contribution in [3.05, 3.63) is 13.0 Å². The van der Waals surface area contributed by atoms with E-state index in [1.54, 1.807) is 0 Å². The van der Waals surface area contributed by atoms with Crippen molar-refractivity contribution in [3.8, 4) is 0 Å². The molecule has 0 fully saturated rings. The third-order valence-corrected chi connectivity index (χ3v) is 2.93. The molecule has 11 heavy (non-hydrogen) atoms. The molecule has 0 unspecified atom stereocenters. The summed E-state index contributed by atoms with van der Waals surface area (Å²) >= 11 is 0. The first kappa shape index (κ1) is 6.89. The standard InChI is InChI=1S/C9H13NO/c1-8(2)9(3,4)11-7-5-6-10(7)8/h5H,1-4H3. The Morgan fingerprint density at radius 2 is 2.00 bits per heavy atom. The molecule has 0 aliphatic carbocycles. The quantitative estimate of drug-likeness (QED) is 0.375. The summed E-state index contributed by atoms with van der Waals surface area (Å²) in [4.78, 5) is 0. The lowest BCUT2D eigenvalue weighted by molar-refractivity contribution is -0.574. The van der Waals surface area contributed by atoms with Gasteiger partial charge in [0.1, 0.15) is 11.1 Å². The molecule has 0 bridgehead atoms. The molecule has 0 N–H and O–H groups in total. The topological polar surface area (TPSA) is 12.2 Å². The second-order valence-electron chi connectivity index (χ2n) is 4.12. The fraction of sp³-hybridized carbons (Fsp3) is 0.667. The van der Waals surface area contributed by atoms with Gasteiger partial charge in [-0.1, -0.05) is 0 Å². The fourth-order valence-corrected chi connectivity index (χ4v) is 1.35. The highest BCUT2D eigenvalue weighted by Crippen LogP contribution is 2.39. The molecule has 2 rings (SSSR count). The van der Waals surface area contributed by atoms with Gasteiger partial charge in [-0.05, 0) is 40.7 Å². The Kier molecular flexibility index (Phi) is 0.952. The number of nitrogens with zero attached hydrogens (tertiary/aromatic N) is 1. The van der Waals surface area contributed by atoms with Gasteiger partial charge in [-0.25, -0.2) is 0 Å². The number of ether oxygens (including phenoxy) is 1. The van der Waals surface area contributed by atoms with Gasteiger partial charge in [0.15, 0.2) is 5.90 Å². The summed E-state index contributed by atoms with van der Waals surface area (Å²) in [6, 6.07) is 0. The minimum Gasteiger partial charge on any atom is -0.572 e. The van der Waals surface area contributed by atoms with Crippen LogP contribution in [0.25, 0.3) is 0 Å². The summed E-state index contributed by atoms with van der Waals surface area (Å²) in [5.74, 6) is 0.958. The second kappa shape index (κ2) is 1.52. The molecular weight excluding hydrogens is 138 g/mol. The first-order chi connectivity index (χ1) is 4.95. The van der Waals surface area contributed by atoms with E-state index in [0.717, 1.165) is 5.90 Å². The molecule has 0 aromatic rings. The van der Waals surface area contributed by atoms with Gasteiger partial charge in [0.05, 0.1) is 0 Å². The first-order valence-electron chi connectivity index (χ1n) is 3.91. The van der Waals surface area contributed by atoms with Gasteiger partial charge >= 0.3 is 0 Å². The molecule has 0 radical (unpaired) electrons. The zero-order valence-electron chi connectivity index (χ0n) is 7.43. The number of rotatable bonds is 0. The smallest absolute Gasteiger partial charge is 0.191 e. The SMILES string of the molecule is CC1(C)OC2=[N+]([C-2][CH+]2)C1(C)C. The van der Waals surface area contributed by atoms with E-state index in [-0.39, 0.29) is 11.1 Å². The van der Waals surface area contributed by atoms with Crippen LogP contribution in [-0.2, 0) is 4.74 Å². The lowest BCUT2D eigenvalue weighted by Crippen LogP contribution is -2.49. The summed E-state index contributed by atoms with van der Waals surface area (Å²) in [6.07, 6.45) is 1.89. The van der Waals surface area contributed by atoms with Crippen LogP contribution in [0.5, 0.6) is 0 Å². The normalized spacial score (nSPS) is 29.5. The van der Waals surface area contributed by atoms with Crippen molar-refractivity contribution in [1.29, 1.82) is 0 Å². The minimum absolute atomic E-state index is 0.0388. The molecule has 2 nitrogen and oxygen atoms in total. The summed E-state index contributed by atoms with van der Waals surface area (Å²) in [5, 5.41) is 0. The van der Waals surface area contributed by atoms with Crippen LogP contribution in [0.1, 0.15) is 27.7 Å². The van der Waals surface area contributed by atoms with Gasteiger partial charge in [0.25, 0.3) is 0 Å². The lowest BCUT2D eigenvalue weighted by Gasteiger charge is -2.36. The van der Waals surface area contributed by atoms with Gasteiger partial charge < -0.3 is 9.31 Å². The molecule has 0 saturated heterocycles. The Hall–Kier alpha value is -0.790. The second-order valence-corrected chi connectivity index (χ2v) is 4.12. The molecule has 0 aromatic heterocycles. The predicted octanol–water partition coefficient (Wildman–Crippen LogP) is 1.24. The van der Waals surface area contributed by atoms with Crippen molar-refractivity contribution in [2.24, 2.45) is 0 Å². The Bertz CT molecular complexity index is 238. The molecule has 0 spiro atoms. The van der Waals surface area contributed by atoms with Crippen LogP contribution < -0.4 is 0 Å². The van der Waals surface area contributed by atoms with E-state index in [2.05, 4.69) is 38.8 Å². The van der Waals surface area contributed by atoms with E-state index in [0.29, 0.717) is 0 Å². The number of hydrogen-bond donors (Lipinski definition) is 0. The van der Waals surface area contributed by atoms with Crippen molar-refractivity contribution in [3.63, 3.8) is 0 Å². The van der Waals surface area contributed by atoms with Gasteiger partial charge in [-0.2, -0.15) is 0 Å². The summed E-state index contributed by atoms with van der Waals surface area (Å²) in [6.45, 7) is 11.6.